The molecule has 0 aliphatic heterocycles. The van der Waals surface area contributed by atoms with Gasteiger partial charge < -0.3 is 10.1 Å². The summed E-state index contributed by atoms with van der Waals surface area (Å²) in [4.78, 5) is 12.2. The van der Waals surface area contributed by atoms with Crippen LogP contribution in [0.25, 0.3) is 0 Å². The Morgan fingerprint density at radius 2 is 2.05 bits per heavy atom. The van der Waals surface area contributed by atoms with E-state index in [0.717, 1.165) is 0 Å². The third-order valence-corrected chi connectivity index (χ3v) is 4.50. The molecule has 0 aliphatic carbocycles. The number of carbonyl (C=O) groups is 1. The number of methoxy groups -OCH3 is 1. The first kappa shape index (κ1) is 16.6. The van der Waals surface area contributed by atoms with Gasteiger partial charge in [-0.15, -0.1) is 0 Å². The van der Waals surface area contributed by atoms with E-state index in [2.05, 4.69) is 5.32 Å². The van der Waals surface area contributed by atoms with Gasteiger partial charge in [-0.25, -0.2) is 13.6 Å². The average molecular weight is 300 g/mol. The van der Waals surface area contributed by atoms with E-state index < -0.39 is 15.6 Å². The van der Waals surface area contributed by atoms with Crippen molar-refractivity contribution in [3.8, 4) is 0 Å². The van der Waals surface area contributed by atoms with Gasteiger partial charge in [0.15, 0.2) is 0 Å². The highest BCUT2D eigenvalue weighted by Crippen LogP contribution is 2.24. The normalized spacial score (nSPS) is 14.7. The predicted molar refractivity (Wildman–Crippen MR) is 76.9 cm³/mol. The Kier molecular flexibility index (Phi) is 4.90. The lowest BCUT2D eigenvalue weighted by Gasteiger charge is -2.25. The zero-order chi connectivity index (χ0) is 15.6. The number of anilines is 1. The van der Waals surface area contributed by atoms with Crippen LogP contribution in [0.1, 0.15) is 25.8 Å². The molecule has 1 atom stereocenters. The summed E-state index contributed by atoms with van der Waals surface area (Å²) in [5.74, 6) is -0.336. The van der Waals surface area contributed by atoms with Crippen molar-refractivity contribution in [2.75, 3.05) is 12.4 Å². The number of ether oxygens (including phenoxy) is 1. The SMILES string of the molecule is CCC(C)(OC)C(=O)Nc1cccc(S(N)(=O)=O)c1C. The summed E-state index contributed by atoms with van der Waals surface area (Å²) in [7, 11) is -2.37. The highest BCUT2D eigenvalue weighted by atomic mass is 32.2. The van der Waals surface area contributed by atoms with Crippen molar-refractivity contribution < 1.29 is 17.9 Å². The van der Waals surface area contributed by atoms with Gasteiger partial charge in [0.25, 0.3) is 5.91 Å². The van der Waals surface area contributed by atoms with Gasteiger partial charge in [0, 0.05) is 12.8 Å². The predicted octanol–water partition coefficient (Wildman–Crippen LogP) is 1.40. The van der Waals surface area contributed by atoms with Crippen LogP contribution in [-0.2, 0) is 19.6 Å². The summed E-state index contributed by atoms with van der Waals surface area (Å²) in [5, 5.41) is 7.81. The molecule has 1 aromatic rings. The van der Waals surface area contributed by atoms with Crippen molar-refractivity contribution in [2.24, 2.45) is 5.14 Å². The summed E-state index contributed by atoms with van der Waals surface area (Å²) >= 11 is 0. The van der Waals surface area contributed by atoms with E-state index in [9.17, 15) is 13.2 Å². The standard InChI is InChI=1S/C13H20N2O4S/c1-5-13(3,19-4)12(16)15-10-7-6-8-11(9(10)2)20(14,17)18/h6-8H,5H2,1-4H3,(H,15,16)(H2,14,17,18). The Morgan fingerprint density at radius 1 is 1.45 bits per heavy atom. The molecule has 1 aromatic carbocycles. The molecule has 112 valence electrons. The molecule has 0 spiro atoms. The van der Waals surface area contributed by atoms with E-state index >= 15 is 0 Å². The van der Waals surface area contributed by atoms with Gasteiger partial charge in [-0.05, 0) is 38.0 Å². The molecule has 0 aromatic heterocycles. The highest BCUT2D eigenvalue weighted by molar-refractivity contribution is 7.89. The van der Waals surface area contributed by atoms with Crippen molar-refractivity contribution in [3.63, 3.8) is 0 Å². The van der Waals surface area contributed by atoms with Crippen molar-refractivity contribution in [3.05, 3.63) is 23.8 Å². The molecular formula is C13H20N2O4S. The lowest BCUT2D eigenvalue weighted by molar-refractivity contribution is -0.136. The number of hydrogen-bond acceptors (Lipinski definition) is 4. The molecule has 6 nitrogen and oxygen atoms in total. The van der Waals surface area contributed by atoms with Gasteiger partial charge in [0.05, 0.1) is 4.90 Å². The first-order valence-corrected chi connectivity index (χ1v) is 7.69. The number of carbonyl (C=O) groups excluding carboxylic acids is 1. The van der Waals surface area contributed by atoms with Crippen LogP contribution in [0.2, 0.25) is 0 Å². The molecule has 0 radical (unpaired) electrons. The Labute approximate surface area is 119 Å². The van der Waals surface area contributed by atoms with E-state index in [-0.39, 0.29) is 10.8 Å². The van der Waals surface area contributed by atoms with Gasteiger partial charge in [-0.1, -0.05) is 13.0 Å². The lowest BCUT2D eigenvalue weighted by Crippen LogP contribution is -2.41. The van der Waals surface area contributed by atoms with Gasteiger partial charge in [0.1, 0.15) is 5.60 Å². The zero-order valence-electron chi connectivity index (χ0n) is 12.1. The van der Waals surface area contributed by atoms with Crippen LogP contribution < -0.4 is 10.5 Å². The summed E-state index contributed by atoms with van der Waals surface area (Å²) in [5.41, 5.74) is -0.166. The van der Waals surface area contributed by atoms with E-state index in [0.29, 0.717) is 17.7 Å². The fraction of sp³-hybridized carbons (Fsp3) is 0.462. The second-order valence-corrected chi connectivity index (χ2v) is 6.25. The Balaban J connectivity index is 3.15. The maximum Gasteiger partial charge on any atom is 0.256 e. The van der Waals surface area contributed by atoms with Gasteiger partial charge >= 0.3 is 0 Å². The average Bonchev–Trinajstić information content (AvgIpc) is 2.38. The summed E-state index contributed by atoms with van der Waals surface area (Å²) < 4.78 is 28.1. The molecule has 1 rings (SSSR count). The van der Waals surface area contributed by atoms with Gasteiger partial charge in [-0.2, -0.15) is 0 Å². The molecule has 0 aliphatic rings. The Morgan fingerprint density at radius 3 is 2.50 bits per heavy atom. The maximum atomic E-state index is 12.2. The van der Waals surface area contributed by atoms with Crippen LogP contribution in [-0.4, -0.2) is 27.0 Å². The third-order valence-electron chi connectivity index (χ3n) is 3.44. The van der Waals surface area contributed by atoms with E-state index in [1.807, 2.05) is 6.92 Å². The van der Waals surface area contributed by atoms with E-state index in [4.69, 9.17) is 9.88 Å². The van der Waals surface area contributed by atoms with Crippen molar-refractivity contribution in [1.82, 2.24) is 0 Å². The molecule has 7 heteroatoms. The quantitative estimate of drug-likeness (QED) is 0.858. The molecule has 0 fully saturated rings. The number of sulfonamides is 1. The molecule has 1 amide bonds. The summed E-state index contributed by atoms with van der Waals surface area (Å²) in [6, 6.07) is 4.54. The van der Waals surface area contributed by atoms with E-state index in [1.165, 1.54) is 19.2 Å². The summed E-state index contributed by atoms with van der Waals surface area (Å²) in [6.07, 6.45) is 0.489. The van der Waals surface area contributed by atoms with Crippen LogP contribution in [0.15, 0.2) is 23.1 Å². The van der Waals surface area contributed by atoms with Crippen molar-refractivity contribution >= 4 is 21.6 Å². The third kappa shape index (κ3) is 3.36. The lowest BCUT2D eigenvalue weighted by atomic mass is 10.0. The number of nitrogens with two attached hydrogens (primary N) is 1. The number of rotatable bonds is 5. The highest BCUT2D eigenvalue weighted by Gasteiger charge is 2.31. The molecule has 0 heterocycles. The topological polar surface area (TPSA) is 98.5 Å². The van der Waals surface area contributed by atoms with Crippen LogP contribution in [0, 0.1) is 6.92 Å². The second kappa shape index (κ2) is 5.90. The largest absolute Gasteiger partial charge is 0.369 e. The Bertz CT molecular complexity index is 607. The molecule has 0 saturated carbocycles. The number of nitrogens with one attached hydrogen (secondary N) is 1. The summed E-state index contributed by atoms with van der Waals surface area (Å²) in [6.45, 7) is 5.09. The van der Waals surface area contributed by atoms with Crippen LogP contribution in [0.5, 0.6) is 0 Å². The number of hydrogen-bond donors (Lipinski definition) is 2. The fourth-order valence-electron chi connectivity index (χ4n) is 1.71. The molecule has 1 unspecified atom stereocenters. The molecule has 0 saturated heterocycles. The molecule has 0 bridgehead atoms. The van der Waals surface area contributed by atoms with E-state index in [1.54, 1.807) is 19.9 Å². The zero-order valence-corrected chi connectivity index (χ0v) is 12.9. The minimum Gasteiger partial charge on any atom is -0.369 e. The molecule has 20 heavy (non-hydrogen) atoms. The first-order valence-electron chi connectivity index (χ1n) is 6.14. The van der Waals surface area contributed by atoms with Crippen molar-refractivity contribution in [1.29, 1.82) is 0 Å². The van der Waals surface area contributed by atoms with Crippen LogP contribution in [0.3, 0.4) is 0 Å². The van der Waals surface area contributed by atoms with Gasteiger partial charge in [0.2, 0.25) is 10.0 Å². The first-order chi connectivity index (χ1) is 9.15. The number of amides is 1. The van der Waals surface area contributed by atoms with Crippen LogP contribution in [0.4, 0.5) is 5.69 Å². The maximum absolute atomic E-state index is 12.2. The monoisotopic (exact) mass is 300 g/mol. The Hall–Kier alpha value is -1.44. The van der Waals surface area contributed by atoms with Gasteiger partial charge in [-0.3, -0.25) is 4.79 Å². The number of benzene rings is 1. The van der Waals surface area contributed by atoms with Crippen molar-refractivity contribution in [2.45, 2.75) is 37.7 Å². The minimum absolute atomic E-state index is 0.00841. The van der Waals surface area contributed by atoms with Crippen LogP contribution >= 0.6 is 0 Å². The molecule has 3 N–H and O–H groups in total. The smallest absolute Gasteiger partial charge is 0.256 e. The minimum atomic E-state index is -3.82. The molecular weight excluding hydrogens is 280 g/mol. The number of primary sulfonamides is 1. The second-order valence-electron chi connectivity index (χ2n) is 4.72. The fourth-order valence-corrected chi connectivity index (χ4v) is 2.52.